The fourth-order valence-electron chi connectivity index (χ4n) is 4.15. The van der Waals surface area contributed by atoms with Crippen molar-refractivity contribution in [2.45, 2.75) is 70.0 Å². The minimum atomic E-state index is -4.23. The fourth-order valence-corrected chi connectivity index (χ4v) is 6.51. The molecule has 2 saturated heterocycles. The lowest BCUT2D eigenvalue weighted by molar-refractivity contribution is -0.385. The van der Waals surface area contributed by atoms with Crippen LogP contribution in [0.2, 0.25) is 0 Å². The van der Waals surface area contributed by atoms with E-state index in [4.69, 9.17) is 9.47 Å². The lowest BCUT2D eigenvalue weighted by atomic mass is 9.89. The third kappa shape index (κ3) is 5.68. The Kier molecular flexibility index (Phi) is 6.82. The predicted octanol–water partition coefficient (Wildman–Crippen LogP) is 3.29. The van der Waals surface area contributed by atoms with Gasteiger partial charge in [0.15, 0.2) is 14.6 Å². The molecule has 2 aliphatic heterocycles. The number of amidine groups is 1. The van der Waals surface area contributed by atoms with Gasteiger partial charge in [0.2, 0.25) is 0 Å². The Labute approximate surface area is 214 Å². The second kappa shape index (κ2) is 8.92. The molecule has 204 valence electrons. The first-order valence-corrected chi connectivity index (χ1v) is 13.1. The van der Waals surface area contributed by atoms with Crippen LogP contribution in [0.1, 0.15) is 54.0 Å². The standard InChI is InChI=1S/C23H31FN4O8S/c1-20(2,3)35-18(29)25-17-23(11-27(12-23)19(30)36-21(4,5)6)37(33,34)13-22(7,26-17)15-10-14(28(31)32)8-9-16(15)24/h8-10H,11-13H2,1-7H3,(H,25,26,29). The molecule has 1 aromatic carbocycles. The summed E-state index contributed by atoms with van der Waals surface area (Å²) < 4.78 is 51.1. The van der Waals surface area contributed by atoms with E-state index in [2.05, 4.69) is 10.3 Å². The van der Waals surface area contributed by atoms with Crippen LogP contribution in [0, 0.1) is 15.9 Å². The van der Waals surface area contributed by atoms with Crippen molar-refractivity contribution in [3.8, 4) is 0 Å². The molecule has 1 unspecified atom stereocenters. The topological polar surface area (TPSA) is 158 Å². The number of likely N-dealkylation sites (tertiary alicyclic amines) is 1. The van der Waals surface area contributed by atoms with Gasteiger partial charge >= 0.3 is 12.2 Å². The number of hydrogen-bond acceptors (Lipinski definition) is 8. The summed E-state index contributed by atoms with van der Waals surface area (Å²) in [6, 6.07) is 2.77. The molecule has 2 amide bonds. The van der Waals surface area contributed by atoms with Crippen LogP contribution in [0.5, 0.6) is 0 Å². The number of halogens is 1. The van der Waals surface area contributed by atoms with Crippen LogP contribution >= 0.6 is 0 Å². The van der Waals surface area contributed by atoms with Crippen LogP contribution in [0.15, 0.2) is 23.2 Å². The largest absolute Gasteiger partial charge is 0.444 e. The number of nitrogens with zero attached hydrogens (tertiary/aromatic N) is 3. The summed E-state index contributed by atoms with van der Waals surface area (Å²) in [5.74, 6) is -1.92. The van der Waals surface area contributed by atoms with E-state index in [1.165, 1.54) is 6.92 Å². The van der Waals surface area contributed by atoms with E-state index in [-0.39, 0.29) is 24.5 Å². The van der Waals surface area contributed by atoms with Crippen LogP contribution in [0.25, 0.3) is 0 Å². The van der Waals surface area contributed by atoms with Crippen LogP contribution in [-0.4, -0.2) is 71.1 Å². The molecule has 0 radical (unpaired) electrons. The van der Waals surface area contributed by atoms with Crippen molar-refractivity contribution in [1.29, 1.82) is 0 Å². The molecule has 12 nitrogen and oxygen atoms in total. The summed E-state index contributed by atoms with van der Waals surface area (Å²) in [7, 11) is -4.23. The third-order valence-corrected chi connectivity index (χ3v) is 8.40. The second-order valence-electron chi connectivity index (χ2n) is 11.4. The van der Waals surface area contributed by atoms with E-state index >= 15 is 0 Å². The van der Waals surface area contributed by atoms with Gasteiger partial charge in [-0.05, 0) is 54.5 Å². The summed E-state index contributed by atoms with van der Waals surface area (Å²) in [5, 5.41) is 14.1. The monoisotopic (exact) mass is 542 g/mol. The van der Waals surface area contributed by atoms with E-state index in [1.54, 1.807) is 41.5 Å². The number of rotatable bonds is 2. The number of carbonyl (C=O) groups excluding carboxylic acids is 2. The normalized spacial score (nSPS) is 23.7. The van der Waals surface area contributed by atoms with Gasteiger partial charge in [0.05, 0.1) is 29.3 Å². The molecular weight excluding hydrogens is 511 g/mol. The first kappa shape index (κ1) is 28.3. The number of nitrogens with one attached hydrogen (secondary N) is 1. The highest BCUT2D eigenvalue weighted by Gasteiger charge is 2.64. The van der Waals surface area contributed by atoms with E-state index in [1.807, 2.05) is 0 Å². The molecule has 0 bridgehead atoms. The van der Waals surface area contributed by atoms with Gasteiger partial charge in [-0.3, -0.25) is 10.1 Å². The Bertz CT molecular complexity index is 1280. The smallest absolute Gasteiger partial charge is 0.435 e. The summed E-state index contributed by atoms with van der Waals surface area (Å²) in [5.41, 5.74) is -4.23. The number of ether oxygens (including phenoxy) is 2. The Hall–Kier alpha value is -3.29. The van der Waals surface area contributed by atoms with E-state index in [0.29, 0.717) is 0 Å². The number of sulfone groups is 1. The number of hydrogen-bond donors (Lipinski definition) is 1. The molecule has 3 rings (SSSR count). The number of nitro benzene ring substituents is 1. The summed E-state index contributed by atoms with van der Waals surface area (Å²) in [6.07, 6.45) is -1.84. The van der Waals surface area contributed by atoms with Gasteiger partial charge in [0.1, 0.15) is 22.9 Å². The van der Waals surface area contributed by atoms with Gasteiger partial charge in [0, 0.05) is 17.7 Å². The minimum Gasteiger partial charge on any atom is -0.444 e. The lowest BCUT2D eigenvalue weighted by Crippen LogP contribution is -2.79. The molecule has 2 aliphatic rings. The molecular formula is C23H31FN4O8S. The molecule has 1 N–H and O–H groups in total. The molecule has 0 aliphatic carbocycles. The van der Waals surface area contributed by atoms with Gasteiger partial charge in [-0.15, -0.1) is 0 Å². The van der Waals surface area contributed by atoms with Crippen molar-refractivity contribution >= 4 is 33.5 Å². The number of aliphatic imine (C=N–C) groups is 1. The predicted molar refractivity (Wildman–Crippen MR) is 132 cm³/mol. The zero-order chi connectivity index (χ0) is 28.2. The molecule has 14 heteroatoms. The first-order valence-electron chi connectivity index (χ1n) is 11.4. The molecule has 1 spiro atoms. The molecule has 1 atom stereocenters. The van der Waals surface area contributed by atoms with E-state index in [9.17, 15) is 32.5 Å². The van der Waals surface area contributed by atoms with Crippen LogP contribution in [0.3, 0.4) is 0 Å². The van der Waals surface area contributed by atoms with Gasteiger partial charge in [-0.25, -0.2) is 22.4 Å². The van der Waals surface area contributed by atoms with Crippen molar-refractivity contribution in [2.24, 2.45) is 4.99 Å². The van der Waals surface area contributed by atoms with Crippen molar-refractivity contribution in [3.05, 3.63) is 39.7 Å². The minimum absolute atomic E-state index is 0.291. The van der Waals surface area contributed by atoms with Crippen molar-refractivity contribution in [1.82, 2.24) is 10.2 Å². The van der Waals surface area contributed by atoms with Crippen molar-refractivity contribution in [3.63, 3.8) is 0 Å². The van der Waals surface area contributed by atoms with Crippen LogP contribution in [0.4, 0.5) is 19.7 Å². The van der Waals surface area contributed by atoms with Gasteiger partial charge in [-0.1, -0.05) is 0 Å². The maximum absolute atomic E-state index is 14.9. The highest BCUT2D eigenvalue weighted by Crippen LogP contribution is 2.42. The van der Waals surface area contributed by atoms with Gasteiger partial charge < -0.3 is 19.7 Å². The SMILES string of the molecule is CC(C)(C)OC(=O)/N=C1/NC(C)(c2cc([N+](=O)[O-])ccc2F)CS(=O)(=O)C12CN(C(=O)OC(C)(C)C)C2. The zero-order valence-corrected chi connectivity index (χ0v) is 22.6. The average Bonchev–Trinajstić information content (AvgIpc) is 2.62. The van der Waals surface area contributed by atoms with Crippen LogP contribution < -0.4 is 5.32 Å². The molecule has 0 aromatic heterocycles. The third-order valence-electron chi connectivity index (χ3n) is 5.80. The van der Waals surface area contributed by atoms with E-state index < -0.39 is 65.7 Å². The summed E-state index contributed by atoms with van der Waals surface area (Å²) in [6.45, 7) is 10.4. The zero-order valence-electron chi connectivity index (χ0n) is 21.7. The Morgan fingerprint density at radius 1 is 1.14 bits per heavy atom. The summed E-state index contributed by atoms with van der Waals surface area (Å²) in [4.78, 5) is 40.8. The van der Waals surface area contributed by atoms with Crippen molar-refractivity contribution < 1.29 is 36.8 Å². The molecule has 0 saturated carbocycles. The van der Waals surface area contributed by atoms with E-state index in [0.717, 1.165) is 23.1 Å². The molecule has 2 heterocycles. The van der Waals surface area contributed by atoms with Crippen molar-refractivity contribution in [2.75, 3.05) is 18.8 Å². The maximum atomic E-state index is 14.9. The Morgan fingerprint density at radius 3 is 2.22 bits per heavy atom. The number of amides is 2. The fraction of sp³-hybridized carbons (Fsp3) is 0.609. The molecule has 2 fully saturated rings. The number of benzene rings is 1. The Balaban J connectivity index is 2.08. The second-order valence-corrected chi connectivity index (χ2v) is 13.7. The first-order chi connectivity index (χ1) is 16.7. The van der Waals surface area contributed by atoms with Crippen LogP contribution in [-0.2, 0) is 24.8 Å². The average molecular weight is 543 g/mol. The molecule has 37 heavy (non-hydrogen) atoms. The highest BCUT2D eigenvalue weighted by atomic mass is 32.2. The quantitative estimate of drug-likeness (QED) is 0.437. The maximum Gasteiger partial charge on any atom is 0.435 e. The van der Waals surface area contributed by atoms with Gasteiger partial charge in [-0.2, -0.15) is 4.99 Å². The number of carbonyl (C=O) groups is 2. The number of non-ortho nitro benzene ring substituents is 1. The number of nitro groups is 1. The molecule has 1 aromatic rings. The summed E-state index contributed by atoms with van der Waals surface area (Å²) >= 11 is 0. The van der Waals surface area contributed by atoms with Gasteiger partial charge in [0.25, 0.3) is 5.69 Å². The Morgan fingerprint density at radius 2 is 1.70 bits per heavy atom. The highest BCUT2D eigenvalue weighted by molar-refractivity contribution is 7.94. The lowest BCUT2D eigenvalue weighted by Gasteiger charge is -2.54.